The van der Waals surface area contributed by atoms with E-state index in [1.807, 2.05) is 0 Å². The van der Waals surface area contributed by atoms with Crippen LogP contribution in [0.25, 0.3) is 0 Å². The molecule has 5 nitrogen and oxygen atoms in total. The van der Waals surface area contributed by atoms with Gasteiger partial charge in [0, 0.05) is 39.8 Å². The summed E-state index contributed by atoms with van der Waals surface area (Å²) in [4.78, 5) is 9.20. The van der Waals surface area contributed by atoms with E-state index in [-0.39, 0.29) is 5.82 Å². The molecule has 1 heterocycles. The molecule has 0 atom stereocenters. The van der Waals surface area contributed by atoms with Crippen LogP contribution in [-0.4, -0.2) is 56.0 Å². The fourth-order valence-corrected chi connectivity index (χ4v) is 3.47. The smallest absolute Gasteiger partial charge is 0.191 e. The first-order valence-corrected chi connectivity index (χ1v) is 10.3. The minimum atomic E-state index is -0.220. The Morgan fingerprint density at radius 3 is 2.07 bits per heavy atom. The Balaban J connectivity index is 1.44. The van der Waals surface area contributed by atoms with E-state index in [0.29, 0.717) is 13.1 Å². The zero-order chi connectivity index (χ0) is 20.5. The molecule has 0 aromatic heterocycles. The van der Waals surface area contributed by atoms with Crippen LogP contribution in [0, 0.1) is 5.82 Å². The Kier molecular flexibility index (Phi) is 8.02. The zero-order valence-corrected chi connectivity index (χ0v) is 17.5. The van der Waals surface area contributed by atoms with Crippen LogP contribution in [0.5, 0.6) is 0 Å². The van der Waals surface area contributed by atoms with Crippen LogP contribution in [-0.2, 0) is 19.6 Å². The zero-order valence-electron chi connectivity index (χ0n) is 17.5. The van der Waals surface area contributed by atoms with Crippen LogP contribution in [0.15, 0.2) is 53.5 Å². The van der Waals surface area contributed by atoms with Gasteiger partial charge in [0.2, 0.25) is 0 Å². The van der Waals surface area contributed by atoms with Crippen LogP contribution in [0.2, 0.25) is 0 Å². The molecule has 2 N–H and O–H groups in total. The summed E-state index contributed by atoms with van der Waals surface area (Å²) in [5.74, 6) is 0.509. The van der Waals surface area contributed by atoms with Crippen LogP contribution in [0.4, 0.5) is 4.39 Å². The highest BCUT2D eigenvalue weighted by Crippen LogP contribution is 2.10. The van der Waals surface area contributed by atoms with Crippen LogP contribution >= 0.6 is 0 Å². The number of likely N-dealkylation sites (N-methyl/N-ethyl adjacent to an activating group) is 1. The number of hydrogen-bond donors (Lipinski definition) is 2. The molecule has 0 amide bonds. The molecule has 0 aliphatic carbocycles. The third-order valence-electron chi connectivity index (χ3n) is 5.30. The van der Waals surface area contributed by atoms with Crippen molar-refractivity contribution in [3.8, 4) is 0 Å². The summed E-state index contributed by atoms with van der Waals surface area (Å²) < 4.78 is 13.0. The summed E-state index contributed by atoms with van der Waals surface area (Å²) >= 11 is 0. The number of hydrogen-bond acceptors (Lipinski definition) is 3. The van der Waals surface area contributed by atoms with Gasteiger partial charge < -0.3 is 15.5 Å². The molecular weight excluding hydrogens is 365 g/mol. The SMILES string of the molecule is CN=C(NCc1ccc(F)cc1)NCc1ccc(CN2CCCN(C)CC2)cc1. The van der Waals surface area contributed by atoms with Gasteiger partial charge in [0.1, 0.15) is 5.82 Å². The predicted molar refractivity (Wildman–Crippen MR) is 117 cm³/mol. The number of aliphatic imine (C=N–C) groups is 1. The van der Waals surface area contributed by atoms with E-state index >= 15 is 0 Å². The van der Waals surface area contributed by atoms with E-state index in [4.69, 9.17) is 0 Å². The van der Waals surface area contributed by atoms with Gasteiger partial charge in [-0.05, 0) is 55.4 Å². The second-order valence-corrected chi connectivity index (χ2v) is 7.66. The first-order chi connectivity index (χ1) is 14.1. The first kappa shape index (κ1) is 21.3. The first-order valence-electron chi connectivity index (χ1n) is 10.3. The van der Waals surface area contributed by atoms with Crippen LogP contribution in [0.3, 0.4) is 0 Å². The van der Waals surface area contributed by atoms with Gasteiger partial charge in [-0.25, -0.2) is 4.39 Å². The van der Waals surface area contributed by atoms with E-state index in [1.165, 1.54) is 42.8 Å². The predicted octanol–water partition coefficient (Wildman–Crippen LogP) is 2.83. The maximum absolute atomic E-state index is 13.0. The Hall–Kier alpha value is -2.44. The minimum absolute atomic E-state index is 0.220. The fourth-order valence-electron chi connectivity index (χ4n) is 3.47. The topological polar surface area (TPSA) is 42.9 Å². The Morgan fingerprint density at radius 1 is 0.862 bits per heavy atom. The Morgan fingerprint density at radius 2 is 1.45 bits per heavy atom. The molecule has 0 radical (unpaired) electrons. The largest absolute Gasteiger partial charge is 0.352 e. The highest BCUT2D eigenvalue weighted by Gasteiger charge is 2.12. The molecule has 2 aromatic rings. The molecule has 1 fully saturated rings. The van der Waals surface area contributed by atoms with Crippen molar-refractivity contribution in [2.45, 2.75) is 26.1 Å². The van der Waals surface area contributed by atoms with E-state index in [0.717, 1.165) is 31.2 Å². The van der Waals surface area contributed by atoms with Gasteiger partial charge >= 0.3 is 0 Å². The van der Waals surface area contributed by atoms with Crippen molar-refractivity contribution >= 4 is 5.96 Å². The Labute approximate surface area is 173 Å². The van der Waals surface area contributed by atoms with Gasteiger partial charge in [0.05, 0.1) is 0 Å². The molecule has 0 spiro atoms. The van der Waals surface area contributed by atoms with E-state index in [9.17, 15) is 4.39 Å². The quantitative estimate of drug-likeness (QED) is 0.581. The number of nitrogens with one attached hydrogen (secondary N) is 2. The summed E-state index contributed by atoms with van der Waals surface area (Å²) in [6.45, 7) is 6.97. The lowest BCUT2D eigenvalue weighted by atomic mass is 10.1. The molecule has 1 saturated heterocycles. The van der Waals surface area contributed by atoms with Gasteiger partial charge in [0.25, 0.3) is 0 Å². The second kappa shape index (κ2) is 10.9. The molecule has 3 rings (SSSR count). The Bertz CT molecular complexity index is 773. The van der Waals surface area contributed by atoms with Crippen molar-refractivity contribution in [3.63, 3.8) is 0 Å². The van der Waals surface area contributed by atoms with Crippen molar-refractivity contribution < 1.29 is 4.39 Å². The third-order valence-corrected chi connectivity index (χ3v) is 5.30. The van der Waals surface area contributed by atoms with Gasteiger partial charge in [-0.1, -0.05) is 36.4 Å². The summed E-state index contributed by atoms with van der Waals surface area (Å²) in [7, 11) is 3.95. The molecule has 0 unspecified atom stereocenters. The maximum Gasteiger partial charge on any atom is 0.191 e. The van der Waals surface area contributed by atoms with Crippen molar-refractivity contribution in [2.75, 3.05) is 40.3 Å². The van der Waals surface area contributed by atoms with E-state index in [2.05, 4.69) is 56.7 Å². The summed E-state index contributed by atoms with van der Waals surface area (Å²) in [6, 6.07) is 15.3. The average Bonchev–Trinajstić information content (AvgIpc) is 2.94. The lowest BCUT2D eigenvalue weighted by Crippen LogP contribution is -2.36. The molecule has 156 valence electrons. The highest BCUT2D eigenvalue weighted by atomic mass is 19.1. The van der Waals surface area contributed by atoms with Crippen LogP contribution < -0.4 is 10.6 Å². The summed E-state index contributed by atoms with van der Waals surface area (Å²) in [6.07, 6.45) is 1.24. The molecular formula is C23H32FN5. The number of guanidine groups is 1. The lowest BCUT2D eigenvalue weighted by Gasteiger charge is -2.20. The maximum atomic E-state index is 13.0. The number of halogens is 1. The standard InChI is InChI=1S/C23H32FN5/c1-25-23(27-17-20-8-10-22(24)11-9-20)26-16-19-4-6-21(7-5-19)18-29-13-3-12-28(2)14-15-29/h4-11H,3,12-18H2,1-2H3,(H2,25,26,27). The fraction of sp³-hybridized carbons (Fsp3) is 0.435. The normalized spacial score (nSPS) is 16.4. The number of nitrogens with zero attached hydrogens (tertiary/aromatic N) is 3. The monoisotopic (exact) mass is 397 g/mol. The van der Waals surface area contributed by atoms with Crippen molar-refractivity contribution in [3.05, 3.63) is 71.0 Å². The molecule has 1 aliphatic heterocycles. The van der Waals surface area contributed by atoms with Crippen molar-refractivity contribution in [1.82, 2.24) is 20.4 Å². The second-order valence-electron chi connectivity index (χ2n) is 7.66. The van der Waals surface area contributed by atoms with E-state index < -0.39 is 0 Å². The lowest BCUT2D eigenvalue weighted by molar-refractivity contribution is 0.269. The van der Waals surface area contributed by atoms with Gasteiger partial charge in [-0.2, -0.15) is 0 Å². The number of rotatable bonds is 6. The third kappa shape index (κ3) is 7.15. The van der Waals surface area contributed by atoms with Crippen molar-refractivity contribution in [2.24, 2.45) is 4.99 Å². The molecule has 0 saturated carbocycles. The van der Waals surface area contributed by atoms with Gasteiger partial charge in [-0.15, -0.1) is 0 Å². The van der Waals surface area contributed by atoms with Gasteiger partial charge in [-0.3, -0.25) is 9.89 Å². The number of benzene rings is 2. The molecule has 6 heteroatoms. The van der Waals surface area contributed by atoms with E-state index in [1.54, 1.807) is 19.2 Å². The van der Waals surface area contributed by atoms with Crippen LogP contribution in [0.1, 0.15) is 23.1 Å². The minimum Gasteiger partial charge on any atom is -0.352 e. The summed E-state index contributed by atoms with van der Waals surface area (Å²) in [5, 5.41) is 6.59. The van der Waals surface area contributed by atoms with Crippen molar-refractivity contribution in [1.29, 1.82) is 0 Å². The highest BCUT2D eigenvalue weighted by molar-refractivity contribution is 5.79. The molecule has 2 aromatic carbocycles. The average molecular weight is 398 g/mol. The molecule has 0 bridgehead atoms. The molecule has 1 aliphatic rings. The summed E-state index contributed by atoms with van der Waals surface area (Å²) in [5.41, 5.74) is 3.59. The molecule has 29 heavy (non-hydrogen) atoms. The van der Waals surface area contributed by atoms with Gasteiger partial charge in [0.15, 0.2) is 5.96 Å².